The van der Waals surface area contributed by atoms with Crippen molar-refractivity contribution in [1.82, 2.24) is 19.8 Å². The summed E-state index contributed by atoms with van der Waals surface area (Å²) < 4.78 is 47.7. The summed E-state index contributed by atoms with van der Waals surface area (Å²) in [6.07, 6.45) is 0.479. The Morgan fingerprint density at radius 2 is 2.00 bits per heavy atom. The first-order valence-corrected chi connectivity index (χ1v) is 14.1. The second-order valence-corrected chi connectivity index (χ2v) is 11.1. The number of alkyl halides is 3. The van der Waals surface area contributed by atoms with Crippen LogP contribution in [-0.4, -0.2) is 77.6 Å². The number of nitrogens with zero attached hydrogens (tertiary/aromatic N) is 6. The van der Waals surface area contributed by atoms with Crippen LogP contribution in [-0.2, 0) is 23.8 Å². The molecule has 3 atom stereocenters. The van der Waals surface area contributed by atoms with Gasteiger partial charge in [-0.05, 0) is 69.3 Å². The Morgan fingerprint density at radius 1 is 1.20 bits per heavy atom. The molecule has 1 unspecified atom stereocenters. The Labute approximate surface area is 238 Å². The van der Waals surface area contributed by atoms with E-state index in [-0.39, 0.29) is 41.9 Å². The third-order valence-corrected chi connectivity index (χ3v) is 8.58. The Kier molecular flexibility index (Phi) is 8.50. The van der Waals surface area contributed by atoms with E-state index >= 15 is 0 Å². The fourth-order valence-corrected chi connectivity index (χ4v) is 6.37. The fraction of sp³-hybridized carbons (Fsp3) is 0.533. The Hall–Kier alpha value is -3.65. The van der Waals surface area contributed by atoms with E-state index in [0.29, 0.717) is 57.0 Å². The minimum atomic E-state index is -4.44. The van der Waals surface area contributed by atoms with E-state index in [1.807, 2.05) is 0 Å². The van der Waals surface area contributed by atoms with Crippen LogP contribution < -0.4 is 9.64 Å². The van der Waals surface area contributed by atoms with E-state index in [0.717, 1.165) is 31.0 Å². The number of fused-ring (bicyclic) bond motifs is 1. The summed E-state index contributed by atoms with van der Waals surface area (Å²) in [4.78, 5) is 28.0. The van der Waals surface area contributed by atoms with E-state index in [4.69, 9.17) is 14.7 Å². The number of carbonyl (C=O) groups is 1. The molecule has 2 aromatic rings. The second kappa shape index (κ2) is 12.1. The first-order chi connectivity index (χ1) is 19.7. The second-order valence-electron chi connectivity index (χ2n) is 11.1. The Balaban J connectivity index is 1.47. The number of likely N-dealkylation sites (tertiary alicyclic amines) is 1. The van der Waals surface area contributed by atoms with E-state index in [2.05, 4.69) is 29.5 Å². The van der Waals surface area contributed by atoms with Crippen LogP contribution in [0.5, 0.6) is 6.01 Å². The van der Waals surface area contributed by atoms with Gasteiger partial charge in [-0.2, -0.15) is 28.4 Å². The summed E-state index contributed by atoms with van der Waals surface area (Å²) in [6, 6.07) is 8.08. The van der Waals surface area contributed by atoms with Crippen LogP contribution in [0.4, 0.5) is 19.0 Å². The molecule has 218 valence electrons. The lowest BCUT2D eigenvalue weighted by Crippen LogP contribution is -2.55. The average molecular weight is 569 g/mol. The number of aromatic nitrogens is 2. The fourth-order valence-electron chi connectivity index (χ4n) is 6.37. The number of hydrogen-bond donors (Lipinski definition) is 0. The van der Waals surface area contributed by atoms with Crippen LogP contribution in [0.3, 0.4) is 0 Å². The number of halogens is 3. The van der Waals surface area contributed by atoms with E-state index in [1.165, 1.54) is 12.1 Å². The summed E-state index contributed by atoms with van der Waals surface area (Å²) in [5.74, 6) is 0.122. The zero-order valence-electron chi connectivity index (χ0n) is 23.2. The number of hydrogen-bond acceptors (Lipinski definition) is 7. The molecule has 1 amide bonds. The molecule has 0 radical (unpaired) electrons. The molecule has 2 aliphatic heterocycles. The third-order valence-electron chi connectivity index (χ3n) is 8.58. The topological polar surface area (TPSA) is 85.6 Å². The molecule has 1 aliphatic carbocycles. The molecule has 1 aromatic carbocycles. The summed E-state index contributed by atoms with van der Waals surface area (Å²) in [6.45, 7) is 6.32. The van der Waals surface area contributed by atoms with Gasteiger partial charge in [0.1, 0.15) is 12.4 Å². The summed E-state index contributed by atoms with van der Waals surface area (Å²) in [7, 11) is 2.06. The van der Waals surface area contributed by atoms with Gasteiger partial charge in [-0.1, -0.05) is 24.8 Å². The number of ether oxygens (including phenoxy) is 1. The number of amides is 1. The quantitative estimate of drug-likeness (QED) is 0.459. The molecular formula is C30H35F3N6O2. The molecule has 0 N–H and O–H groups in total. The molecule has 8 nitrogen and oxygen atoms in total. The van der Waals surface area contributed by atoms with Crippen molar-refractivity contribution < 1.29 is 22.7 Å². The summed E-state index contributed by atoms with van der Waals surface area (Å²) >= 11 is 0. The molecule has 0 bridgehead atoms. The number of benzene rings is 1. The number of carbonyl (C=O) groups excluding carboxylic acids is 1. The normalized spacial score (nSPS) is 23.1. The van der Waals surface area contributed by atoms with Gasteiger partial charge in [0.05, 0.1) is 29.8 Å². The molecule has 2 fully saturated rings. The molecule has 41 heavy (non-hydrogen) atoms. The summed E-state index contributed by atoms with van der Waals surface area (Å²) in [5, 5.41) is 9.43. The molecule has 1 aromatic heterocycles. The van der Waals surface area contributed by atoms with Gasteiger partial charge in [0, 0.05) is 31.2 Å². The zero-order valence-corrected chi connectivity index (χ0v) is 23.2. The highest BCUT2D eigenvalue weighted by Gasteiger charge is 2.38. The van der Waals surface area contributed by atoms with Gasteiger partial charge in [-0.3, -0.25) is 4.79 Å². The van der Waals surface area contributed by atoms with Crippen LogP contribution in [0.15, 0.2) is 36.9 Å². The van der Waals surface area contributed by atoms with Gasteiger partial charge in [0.25, 0.3) is 0 Å². The van der Waals surface area contributed by atoms with Gasteiger partial charge in [0.15, 0.2) is 0 Å². The van der Waals surface area contributed by atoms with Crippen molar-refractivity contribution in [2.75, 3.05) is 44.7 Å². The SMILES string of the molecule is C=CC(=O)N1CCN(c2nc(OC[C@@H]3CCCN3C)nc3c2CC[C@H](c2ccccc2C(F)(F)F)C3)CC1CC#N. The highest BCUT2D eigenvalue weighted by Crippen LogP contribution is 2.42. The molecule has 2 saturated heterocycles. The van der Waals surface area contributed by atoms with Gasteiger partial charge < -0.3 is 19.4 Å². The highest BCUT2D eigenvalue weighted by molar-refractivity contribution is 5.87. The van der Waals surface area contributed by atoms with Crippen molar-refractivity contribution in [1.29, 1.82) is 5.26 Å². The van der Waals surface area contributed by atoms with Crippen molar-refractivity contribution in [3.8, 4) is 12.1 Å². The number of anilines is 1. The smallest absolute Gasteiger partial charge is 0.416 e. The minimum Gasteiger partial charge on any atom is -0.462 e. The Morgan fingerprint density at radius 3 is 2.71 bits per heavy atom. The number of nitriles is 1. The lowest BCUT2D eigenvalue weighted by molar-refractivity contribution is -0.138. The van der Waals surface area contributed by atoms with Gasteiger partial charge in [-0.15, -0.1) is 0 Å². The predicted molar refractivity (Wildman–Crippen MR) is 148 cm³/mol. The van der Waals surface area contributed by atoms with Crippen LogP contribution in [0.2, 0.25) is 0 Å². The lowest BCUT2D eigenvalue weighted by atomic mass is 9.80. The molecular weight excluding hydrogens is 533 g/mol. The lowest BCUT2D eigenvalue weighted by Gasteiger charge is -2.42. The predicted octanol–water partition coefficient (Wildman–Crippen LogP) is 4.36. The number of likely N-dealkylation sites (N-methyl/N-ethyl adjacent to an activating group) is 1. The van der Waals surface area contributed by atoms with Crippen molar-refractivity contribution in [3.05, 3.63) is 59.3 Å². The van der Waals surface area contributed by atoms with Crippen LogP contribution in [0.25, 0.3) is 0 Å². The average Bonchev–Trinajstić information content (AvgIpc) is 3.39. The van der Waals surface area contributed by atoms with Crippen molar-refractivity contribution >= 4 is 11.7 Å². The molecule has 3 heterocycles. The molecule has 11 heteroatoms. The third kappa shape index (κ3) is 6.17. The number of piperazine rings is 1. The minimum absolute atomic E-state index is 0.164. The maximum atomic E-state index is 13.9. The number of rotatable bonds is 7. The molecule has 3 aliphatic rings. The van der Waals surface area contributed by atoms with Crippen LogP contribution in [0.1, 0.15) is 54.0 Å². The first-order valence-electron chi connectivity index (χ1n) is 14.1. The van der Waals surface area contributed by atoms with E-state index < -0.39 is 11.7 Å². The standard InChI is InChI=1S/C30H35F3N6O2/c1-3-27(40)39-16-15-38(18-21(39)12-13-34)28-24-11-10-20(23-8-4-5-9-25(23)30(31,32)33)17-26(24)35-29(36-28)41-19-22-7-6-14-37(22)2/h3-5,8-9,20-22H,1,6-7,10-12,14-19H2,2H3/t20-,21?,22-/m0/s1. The van der Waals surface area contributed by atoms with Crippen molar-refractivity contribution in [2.24, 2.45) is 0 Å². The van der Waals surface area contributed by atoms with Crippen LogP contribution in [0, 0.1) is 11.3 Å². The van der Waals surface area contributed by atoms with Gasteiger partial charge in [-0.25, -0.2) is 0 Å². The van der Waals surface area contributed by atoms with Gasteiger partial charge >= 0.3 is 12.2 Å². The maximum Gasteiger partial charge on any atom is 0.416 e. The summed E-state index contributed by atoms with van der Waals surface area (Å²) in [5.41, 5.74) is 1.27. The monoisotopic (exact) mass is 568 g/mol. The highest BCUT2D eigenvalue weighted by atomic mass is 19.4. The Bertz CT molecular complexity index is 1330. The van der Waals surface area contributed by atoms with Gasteiger partial charge in [0.2, 0.25) is 5.91 Å². The largest absolute Gasteiger partial charge is 0.462 e. The molecule has 0 spiro atoms. The van der Waals surface area contributed by atoms with E-state index in [1.54, 1.807) is 17.0 Å². The van der Waals surface area contributed by atoms with Crippen molar-refractivity contribution in [3.63, 3.8) is 0 Å². The maximum absolute atomic E-state index is 13.9. The van der Waals surface area contributed by atoms with E-state index in [9.17, 15) is 23.2 Å². The molecule has 0 saturated carbocycles. The van der Waals surface area contributed by atoms with Crippen LogP contribution >= 0.6 is 0 Å². The molecule has 5 rings (SSSR count). The zero-order chi connectivity index (χ0) is 29.1. The first kappa shape index (κ1) is 28.9. The van der Waals surface area contributed by atoms with Crippen molar-refractivity contribution in [2.45, 2.75) is 62.7 Å².